The average molecular weight is 415 g/mol. The normalized spacial score (nSPS) is 11.7. The van der Waals surface area contributed by atoms with Gasteiger partial charge in [0.1, 0.15) is 0 Å². The van der Waals surface area contributed by atoms with Crippen molar-refractivity contribution in [1.82, 2.24) is 0 Å². The van der Waals surface area contributed by atoms with E-state index in [4.69, 9.17) is 35.4 Å². The molecule has 6 heteroatoms. The molecule has 3 nitrogen and oxygen atoms in total. The van der Waals surface area contributed by atoms with Gasteiger partial charge in [-0.25, -0.2) is 0 Å². The lowest BCUT2D eigenvalue weighted by Gasteiger charge is -2.18. The number of aryl methyl sites for hydroxylation is 1. The molecular weight excluding hydrogens is 399 g/mol. The summed E-state index contributed by atoms with van der Waals surface area (Å²) >= 11 is 17.9. The Morgan fingerprint density at radius 3 is 2.52 bits per heavy atom. The molecule has 0 atom stereocenters. The molecule has 0 unspecified atom stereocenters. The van der Waals surface area contributed by atoms with Crippen LogP contribution in [-0.2, 0) is 0 Å². The molecule has 0 saturated heterocycles. The quantitative estimate of drug-likeness (QED) is 0.290. The van der Waals surface area contributed by atoms with Crippen LogP contribution in [0.15, 0.2) is 73.1 Å². The minimum atomic E-state index is -0.268. The molecule has 0 aliphatic rings. The van der Waals surface area contributed by atoms with Gasteiger partial charge < -0.3 is 10.4 Å². The molecule has 1 N–H and O–H groups in total. The minimum absolute atomic E-state index is 0.268. The molecule has 1 heterocycles. The molecule has 0 amide bonds. The molecule has 136 valence electrons. The van der Waals surface area contributed by atoms with Crippen LogP contribution < -0.4 is 15.0 Å². The molecule has 0 spiro atoms. The van der Waals surface area contributed by atoms with E-state index in [2.05, 4.69) is 5.32 Å². The van der Waals surface area contributed by atoms with Crippen LogP contribution in [0.2, 0.25) is 10.0 Å². The van der Waals surface area contributed by atoms with Crippen LogP contribution in [-0.4, -0.2) is 4.99 Å². The summed E-state index contributed by atoms with van der Waals surface area (Å²) in [6.07, 6.45) is 3.62. The predicted octanol–water partition coefficient (Wildman–Crippen LogP) is 4.71. The third-order valence-corrected chi connectivity index (χ3v) is 4.70. The third kappa shape index (κ3) is 4.66. The molecule has 27 heavy (non-hydrogen) atoms. The first-order valence-corrected chi connectivity index (χ1v) is 9.33. The Morgan fingerprint density at radius 1 is 1.04 bits per heavy atom. The van der Waals surface area contributed by atoms with E-state index in [-0.39, 0.29) is 10.7 Å². The maximum Gasteiger partial charge on any atom is 0.238 e. The number of nitrogens with one attached hydrogen (secondary N) is 1. The number of aromatic nitrogens is 1. The van der Waals surface area contributed by atoms with Gasteiger partial charge in [0, 0.05) is 27.4 Å². The average Bonchev–Trinajstić information content (AvgIpc) is 2.62. The Labute approximate surface area is 173 Å². The fourth-order valence-electron chi connectivity index (χ4n) is 2.60. The van der Waals surface area contributed by atoms with Gasteiger partial charge in [-0.15, -0.1) is 0 Å². The number of hydrogen-bond acceptors (Lipinski definition) is 2. The van der Waals surface area contributed by atoms with Crippen molar-refractivity contribution in [3.05, 3.63) is 94.2 Å². The molecule has 0 aliphatic heterocycles. The standard InChI is InChI=1S/C21H16Cl2N2OS/c1-14-6-5-11-25(13-14)19(20(26)17-9-2-3-10-18(17)23)21(27)24-16-8-4-7-15(22)12-16/h2-13H,1H3,(H-,24,26,27). The van der Waals surface area contributed by atoms with E-state index < -0.39 is 0 Å². The van der Waals surface area contributed by atoms with Gasteiger partial charge in [-0.05, 0) is 48.6 Å². The van der Waals surface area contributed by atoms with E-state index in [1.165, 1.54) is 0 Å². The van der Waals surface area contributed by atoms with Gasteiger partial charge in [-0.3, -0.25) is 0 Å². The molecule has 0 saturated carbocycles. The summed E-state index contributed by atoms with van der Waals surface area (Å²) in [5, 5.41) is 17.3. The van der Waals surface area contributed by atoms with Crippen LogP contribution in [0.3, 0.4) is 0 Å². The number of hydrogen-bond donors (Lipinski definition) is 1. The zero-order chi connectivity index (χ0) is 19.4. The fraction of sp³-hybridized carbons (Fsp3) is 0.0476. The number of thiocarbonyl (C=S) groups is 1. The first kappa shape index (κ1) is 19.4. The van der Waals surface area contributed by atoms with Gasteiger partial charge in [0.15, 0.2) is 17.4 Å². The van der Waals surface area contributed by atoms with Crippen LogP contribution >= 0.6 is 35.4 Å². The first-order chi connectivity index (χ1) is 13.0. The second-order valence-corrected chi connectivity index (χ2v) is 7.16. The number of rotatable bonds is 4. The number of pyridine rings is 1. The van der Waals surface area contributed by atoms with Crippen molar-refractivity contribution in [1.29, 1.82) is 0 Å². The largest absolute Gasteiger partial charge is 0.867 e. The Morgan fingerprint density at radius 2 is 1.81 bits per heavy atom. The van der Waals surface area contributed by atoms with Crippen molar-refractivity contribution in [3.63, 3.8) is 0 Å². The molecule has 0 fully saturated rings. The molecule has 1 aromatic heterocycles. The Hall–Kier alpha value is -2.40. The summed E-state index contributed by atoms with van der Waals surface area (Å²) in [5.41, 5.74) is 2.39. The van der Waals surface area contributed by atoms with Crippen molar-refractivity contribution in [2.75, 3.05) is 5.32 Å². The highest BCUT2D eigenvalue weighted by molar-refractivity contribution is 7.81. The highest BCUT2D eigenvalue weighted by atomic mass is 35.5. The first-order valence-electron chi connectivity index (χ1n) is 8.17. The van der Waals surface area contributed by atoms with Gasteiger partial charge in [-0.2, -0.15) is 4.57 Å². The lowest BCUT2D eigenvalue weighted by Crippen LogP contribution is -2.40. The van der Waals surface area contributed by atoms with E-state index in [0.717, 1.165) is 5.56 Å². The summed E-state index contributed by atoms with van der Waals surface area (Å²) in [4.78, 5) is 0.276. The smallest absolute Gasteiger partial charge is 0.238 e. The second-order valence-electron chi connectivity index (χ2n) is 5.91. The molecule has 2 aromatic carbocycles. The predicted molar refractivity (Wildman–Crippen MR) is 114 cm³/mol. The van der Waals surface area contributed by atoms with Crippen molar-refractivity contribution in [3.8, 4) is 0 Å². The summed E-state index contributed by atoms with van der Waals surface area (Å²) in [5.74, 6) is -0.268. The van der Waals surface area contributed by atoms with Gasteiger partial charge in [0.25, 0.3) is 0 Å². The maximum atomic E-state index is 13.3. The lowest BCUT2D eigenvalue weighted by atomic mass is 10.1. The fourth-order valence-corrected chi connectivity index (χ4v) is 3.33. The van der Waals surface area contributed by atoms with Crippen LogP contribution in [0.5, 0.6) is 0 Å². The summed E-state index contributed by atoms with van der Waals surface area (Å²) in [7, 11) is 0. The number of anilines is 1. The molecule has 0 radical (unpaired) electrons. The van der Waals surface area contributed by atoms with E-state index >= 15 is 0 Å². The lowest BCUT2D eigenvalue weighted by molar-refractivity contribution is -0.578. The van der Waals surface area contributed by atoms with Crippen molar-refractivity contribution in [2.45, 2.75) is 6.92 Å². The van der Waals surface area contributed by atoms with Crippen LogP contribution in [0.4, 0.5) is 5.69 Å². The number of nitrogens with zero attached hydrogens (tertiary/aromatic N) is 1. The van der Waals surface area contributed by atoms with E-state index in [1.54, 1.807) is 47.2 Å². The monoisotopic (exact) mass is 414 g/mol. The second kappa shape index (κ2) is 8.53. The summed E-state index contributed by atoms with van der Waals surface area (Å²) < 4.78 is 1.71. The Balaban J connectivity index is 2.11. The van der Waals surface area contributed by atoms with Crippen LogP contribution in [0, 0.1) is 6.92 Å². The summed E-state index contributed by atoms with van der Waals surface area (Å²) in [6, 6.07) is 17.9. The van der Waals surface area contributed by atoms with Crippen LogP contribution in [0.25, 0.3) is 11.5 Å². The van der Waals surface area contributed by atoms with Gasteiger partial charge in [0.05, 0.1) is 0 Å². The highest BCUT2D eigenvalue weighted by Crippen LogP contribution is 2.24. The highest BCUT2D eigenvalue weighted by Gasteiger charge is 2.20. The number of benzene rings is 2. The Bertz CT molecular complexity index is 1030. The minimum Gasteiger partial charge on any atom is -0.867 e. The Kier molecular flexibility index (Phi) is 6.11. The van der Waals surface area contributed by atoms with Crippen molar-refractivity contribution in [2.24, 2.45) is 0 Å². The molecule has 3 aromatic rings. The van der Waals surface area contributed by atoms with Crippen molar-refractivity contribution >= 4 is 57.6 Å². The van der Waals surface area contributed by atoms with E-state index in [9.17, 15) is 5.11 Å². The van der Waals surface area contributed by atoms with Gasteiger partial charge >= 0.3 is 0 Å². The zero-order valence-electron chi connectivity index (χ0n) is 14.4. The maximum absolute atomic E-state index is 13.3. The molecular formula is C21H16Cl2N2OS. The van der Waals surface area contributed by atoms with Crippen molar-refractivity contribution < 1.29 is 9.67 Å². The van der Waals surface area contributed by atoms with Gasteiger partial charge in [0.2, 0.25) is 5.70 Å². The third-order valence-electron chi connectivity index (χ3n) is 3.84. The molecule has 3 rings (SSSR count). The number of halogens is 2. The van der Waals surface area contributed by atoms with E-state index in [1.807, 2.05) is 37.4 Å². The topological polar surface area (TPSA) is 39.0 Å². The molecule has 0 bridgehead atoms. The molecule has 0 aliphatic carbocycles. The SMILES string of the molecule is Cc1ccc[n+](C(C(=S)Nc2cccc(Cl)c2)=C([O-])c2ccccc2Cl)c1. The zero-order valence-corrected chi connectivity index (χ0v) is 16.8. The van der Waals surface area contributed by atoms with E-state index in [0.29, 0.717) is 27.0 Å². The summed E-state index contributed by atoms with van der Waals surface area (Å²) in [6.45, 7) is 1.95. The van der Waals surface area contributed by atoms with Crippen LogP contribution in [0.1, 0.15) is 11.1 Å². The van der Waals surface area contributed by atoms with Gasteiger partial charge in [-0.1, -0.05) is 59.7 Å².